The molecule has 1 aliphatic carbocycles. The van der Waals surface area contributed by atoms with Crippen molar-refractivity contribution < 1.29 is 19.1 Å². The highest BCUT2D eigenvalue weighted by molar-refractivity contribution is 5.79. The van der Waals surface area contributed by atoms with Gasteiger partial charge in [-0.25, -0.2) is 4.39 Å². The van der Waals surface area contributed by atoms with Crippen molar-refractivity contribution in [1.29, 1.82) is 0 Å². The van der Waals surface area contributed by atoms with Crippen LogP contribution in [-0.2, 0) is 9.59 Å². The van der Waals surface area contributed by atoms with Crippen LogP contribution in [0.2, 0.25) is 0 Å². The van der Waals surface area contributed by atoms with Crippen molar-refractivity contribution in [2.45, 2.75) is 44.8 Å². The summed E-state index contributed by atoms with van der Waals surface area (Å²) in [4.78, 5) is 28.9. The lowest BCUT2D eigenvalue weighted by Gasteiger charge is -2.31. The second kappa shape index (κ2) is 7.23. The first-order valence-corrected chi connectivity index (χ1v) is 9.93. The Bertz CT molecular complexity index is 732. The van der Waals surface area contributed by atoms with Crippen LogP contribution < -0.4 is 0 Å². The third-order valence-corrected chi connectivity index (χ3v) is 6.62. The Balaban J connectivity index is 1.52. The van der Waals surface area contributed by atoms with Crippen molar-refractivity contribution in [1.82, 2.24) is 9.80 Å². The van der Waals surface area contributed by atoms with E-state index in [9.17, 15) is 19.1 Å². The van der Waals surface area contributed by atoms with Gasteiger partial charge in [0, 0.05) is 44.3 Å². The lowest BCUT2D eigenvalue weighted by atomic mass is 9.86. The predicted octanol–water partition coefficient (Wildman–Crippen LogP) is 2.35. The van der Waals surface area contributed by atoms with Gasteiger partial charge in [0.15, 0.2) is 0 Å². The van der Waals surface area contributed by atoms with E-state index in [4.69, 9.17) is 0 Å². The molecule has 4 rings (SSSR count). The first-order valence-electron chi connectivity index (χ1n) is 9.93. The van der Waals surface area contributed by atoms with Gasteiger partial charge in [0.2, 0.25) is 11.8 Å². The average Bonchev–Trinajstić information content (AvgIpc) is 3.19. The van der Waals surface area contributed by atoms with Crippen molar-refractivity contribution in [3.05, 3.63) is 35.6 Å². The van der Waals surface area contributed by atoms with Crippen molar-refractivity contribution in [3.63, 3.8) is 0 Å². The number of halogens is 1. The van der Waals surface area contributed by atoms with Gasteiger partial charge in [-0.1, -0.05) is 12.1 Å². The Morgan fingerprint density at radius 2 is 1.85 bits per heavy atom. The minimum absolute atomic E-state index is 0.00203. The van der Waals surface area contributed by atoms with E-state index in [1.807, 2.05) is 15.9 Å². The normalized spacial score (nSPS) is 33.2. The number of carbonyl (C=O) groups is 2. The molecule has 1 N–H and O–H groups in total. The van der Waals surface area contributed by atoms with E-state index >= 15 is 0 Å². The van der Waals surface area contributed by atoms with Gasteiger partial charge in [-0.15, -0.1) is 0 Å². The Hall–Kier alpha value is -1.95. The number of hydrogen-bond acceptors (Lipinski definition) is 3. The highest BCUT2D eigenvalue weighted by Gasteiger charge is 2.50. The molecule has 0 radical (unpaired) electrons. The fourth-order valence-corrected chi connectivity index (χ4v) is 5.25. The summed E-state index contributed by atoms with van der Waals surface area (Å²) >= 11 is 0. The van der Waals surface area contributed by atoms with Gasteiger partial charge in [0.25, 0.3) is 0 Å². The number of nitrogens with zero attached hydrogens (tertiary/aromatic N) is 2. The molecule has 1 aromatic carbocycles. The average molecular weight is 374 g/mol. The Morgan fingerprint density at radius 1 is 1.11 bits per heavy atom. The number of benzene rings is 1. The highest BCUT2D eigenvalue weighted by atomic mass is 19.1. The number of rotatable bonds is 2. The number of hydrogen-bond donors (Lipinski definition) is 1. The fraction of sp³-hybridized carbons (Fsp3) is 0.619. The van der Waals surface area contributed by atoms with Crippen LogP contribution in [0.1, 0.15) is 44.2 Å². The van der Waals surface area contributed by atoms with Crippen molar-refractivity contribution >= 4 is 11.8 Å². The van der Waals surface area contributed by atoms with Gasteiger partial charge in [0.05, 0.1) is 12.1 Å². The van der Waals surface area contributed by atoms with Gasteiger partial charge in [-0.3, -0.25) is 9.59 Å². The van der Waals surface area contributed by atoms with Crippen molar-refractivity contribution in [2.24, 2.45) is 17.8 Å². The fourth-order valence-electron chi connectivity index (χ4n) is 5.25. The van der Waals surface area contributed by atoms with E-state index in [2.05, 4.69) is 0 Å². The molecule has 0 unspecified atom stereocenters. The van der Waals surface area contributed by atoms with Crippen LogP contribution in [0.25, 0.3) is 0 Å². The maximum Gasteiger partial charge on any atom is 0.225 e. The minimum atomic E-state index is -0.300. The second-order valence-corrected chi connectivity index (χ2v) is 8.34. The minimum Gasteiger partial charge on any atom is -0.393 e. The molecule has 0 bridgehead atoms. The van der Waals surface area contributed by atoms with Crippen LogP contribution in [0.4, 0.5) is 4.39 Å². The Morgan fingerprint density at radius 3 is 2.52 bits per heavy atom. The van der Waals surface area contributed by atoms with Crippen LogP contribution in [0.5, 0.6) is 0 Å². The molecule has 2 heterocycles. The molecule has 2 saturated heterocycles. The molecule has 0 aromatic heterocycles. The topological polar surface area (TPSA) is 60.9 Å². The van der Waals surface area contributed by atoms with E-state index < -0.39 is 0 Å². The maximum absolute atomic E-state index is 13.8. The molecule has 1 saturated carbocycles. The third-order valence-electron chi connectivity index (χ3n) is 6.62. The molecule has 5 nitrogen and oxygen atoms in total. The van der Waals surface area contributed by atoms with E-state index in [0.717, 1.165) is 18.4 Å². The number of aliphatic hydroxyl groups is 1. The maximum atomic E-state index is 13.8. The quantitative estimate of drug-likeness (QED) is 0.865. The number of fused-ring (bicyclic) bond motifs is 1. The molecule has 6 heteroatoms. The molecule has 0 spiro atoms. The summed E-state index contributed by atoms with van der Waals surface area (Å²) in [6.07, 6.45) is 2.62. The molecule has 3 atom stereocenters. The van der Waals surface area contributed by atoms with Gasteiger partial charge < -0.3 is 14.9 Å². The molecular weight excluding hydrogens is 347 g/mol. The van der Waals surface area contributed by atoms with E-state index in [1.165, 1.54) is 12.1 Å². The van der Waals surface area contributed by atoms with E-state index in [1.54, 1.807) is 13.0 Å². The number of amides is 2. The molecule has 27 heavy (non-hydrogen) atoms. The number of carbonyl (C=O) groups excluding carboxylic acids is 2. The van der Waals surface area contributed by atoms with Crippen LogP contribution in [0, 0.1) is 23.6 Å². The first-order chi connectivity index (χ1) is 12.9. The van der Waals surface area contributed by atoms with Gasteiger partial charge >= 0.3 is 0 Å². The van der Waals surface area contributed by atoms with Gasteiger partial charge in [-0.2, -0.15) is 0 Å². The second-order valence-electron chi connectivity index (χ2n) is 8.34. The summed E-state index contributed by atoms with van der Waals surface area (Å²) < 4.78 is 13.8. The standard InChI is InChI=1S/C21H27FN2O3/c1-13(25)24-11-16-10-23(21(27)14-5-7-18(26)8-6-14)12-19(16)20(24)15-3-2-4-17(22)9-15/h2-4,9,14,16,18-20,26H,5-8,10-12H2,1H3/t14?,16-,18?,19-,20-/m1/s1. The van der Waals surface area contributed by atoms with E-state index in [-0.39, 0.29) is 47.5 Å². The molecule has 146 valence electrons. The summed E-state index contributed by atoms with van der Waals surface area (Å²) in [6.45, 7) is 3.46. The molecule has 1 aromatic rings. The summed E-state index contributed by atoms with van der Waals surface area (Å²) in [5, 5.41) is 9.68. The molecule has 3 fully saturated rings. The van der Waals surface area contributed by atoms with Crippen LogP contribution in [0.3, 0.4) is 0 Å². The number of aliphatic hydroxyl groups excluding tert-OH is 1. The Labute approximate surface area is 159 Å². The molecule has 2 aliphatic heterocycles. The monoisotopic (exact) mass is 374 g/mol. The van der Waals surface area contributed by atoms with Crippen molar-refractivity contribution in [2.75, 3.05) is 19.6 Å². The summed E-state index contributed by atoms with van der Waals surface area (Å²) in [6, 6.07) is 6.31. The highest BCUT2D eigenvalue weighted by Crippen LogP contribution is 2.45. The smallest absolute Gasteiger partial charge is 0.225 e. The zero-order chi connectivity index (χ0) is 19.1. The zero-order valence-electron chi connectivity index (χ0n) is 15.7. The predicted molar refractivity (Wildman–Crippen MR) is 98.1 cm³/mol. The van der Waals surface area contributed by atoms with Crippen molar-refractivity contribution in [3.8, 4) is 0 Å². The largest absolute Gasteiger partial charge is 0.393 e. The summed E-state index contributed by atoms with van der Waals surface area (Å²) in [7, 11) is 0. The van der Waals surface area contributed by atoms with Crippen LogP contribution >= 0.6 is 0 Å². The van der Waals surface area contributed by atoms with Crippen LogP contribution in [-0.4, -0.2) is 52.5 Å². The third kappa shape index (κ3) is 3.47. The van der Waals surface area contributed by atoms with Gasteiger partial charge in [-0.05, 0) is 43.4 Å². The Kier molecular flexibility index (Phi) is 4.93. The lowest BCUT2D eigenvalue weighted by molar-refractivity contribution is -0.136. The van der Waals surface area contributed by atoms with Gasteiger partial charge in [0.1, 0.15) is 5.82 Å². The molecular formula is C21H27FN2O3. The lowest BCUT2D eigenvalue weighted by Crippen LogP contribution is -2.40. The first kappa shape index (κ1) is 18.4. The molecule has 2 amide bonds. The SMILES string of the molecule is CC(=O)N1C[C@H]2CN(C(=O)C3CCC(O)CC3)C[C@H]2[C@H]1c1cccc(F)c1. The zero-order valence-corrected chi connectivity index (χ0v) is 15.7. The summed E-state index contributed by atoms with van der Waals surface area (Å²) in [5.74, 6) is 0.269. The van der Waals surface area contributed by atoms with Crippen LogP contribution in [0.15, 0.2) is 24.3 Å². The number of likely N-dealkylation sites (tertiary alicyclic amines) is 2. The van der Waals surface area contributed by atoms with E-state index in [0.29, 0.717) is 32.5 Å². The molecule has 3 aliphatic rings. The summed E-state index contributed by atoms with van der Waals surface area (Å²) in [5.41, 5.74) is 0.813.